The summed E-state index contributed by atoms with van der Waals surface area (Å²) in [6, 6.07) is 0. The van der Waals surface area contributed by atoms with Gasteiger partial charge >= 0.3 is 6.09 Å². The van der Waals surface area contributed by atoms with Crippen LogP contribution in [0.5, 0.6) is 0 Å². The first-order valence-corrected chi connectivity index (χ1v) is 9.78. The van der Waals surface area contributed by atoms with E-state index in [-0.39, 0.29) is 11.5 Å². The summed E-state index contributed by atoms with van der Waals surface area (Å²) in [4.78, 5) is 11.8. The number of hydrogen-bond acceptors (Lipinski definition) is 2. The van der Waals surface area contributed by atoms with Gasteiger partial charge in [-0.2, -0.15) is 0 Å². The maximum Gasteiger partial charge on any atom is 0.407 e. The monoisotopic (exact) mass is 325 g/mol. The highest BCUT2D eigenvalue weighted by atomic mass is 16.5. The molecule has 0 radical (unpaired) electrons. The highest BCUT2D eigenvalue weighted by Crippen LogP contribution is 2.45. The van der Waals surface area contributed by atoms with Crippen molar-refractivity contribution >= 4 is 6.09 Å². The number of unbranched alkanes of at least 4 members (excludes halogenated alkanes) is 6. The second kappa shape index (κ2) is 10.2. The Hall–Kier alpha value is -0.730. The average Bonchev–Trinajstić information content (AvgIpc) is 2.47. The fourth-order valence-electron chi connectivity index (χ4n) is 4.04. The lowest BCUT2D eigenvalue weighted by Crippen LogP contribution is -2.41. The molecule has 1 fully saturated rings. The van der Waals surface area contributed by atoms with E-state index in [0.29, 0.717) is 12.0 Å². The summed E-state index contributed by atoms with van der Waals surface area (Å²) in [7, 11) is 0. The molecule has 1 saturated carbocycles. The van der Waals surface area contributed by atoms with Crippen molar-refractivity contribution in [2.24, 2.45) is 10.8 Å². The van der Waals surface area contributed by atoms with Crippen LogP contribution in [0.15, 0.2) is 0 Å². The van der Waals surface area contributed by atoms with E-state index in [1.165, 1.54) is 64.2 Å². The van der Waals surface area contributed by atoms with Gasteiger partial charge in [-0.25, -0.2) is 4.79 Å². The minimum Gasteiger partial charge on any atom is -0.450 e. The van der Waals surface area contributed by atoms with Gasteiger partial charge in [-0.05, 0) is 36.5 Å². The van der Waals surface area contributed by atoms with Crippen molar-refractivity contribution in [1.29, 1.82) is 0 Å². The van der Waals surface area contributed by atoms with E-state index >= 15 is 0 Å². The fourth-order valence-corrected chi connectivity index (χ4v) is 4.04. The summed E-state index contributed by atoms with van der Waals surface area (Å²) >= 11 is 0. The third-order valence-corrected chi connectivity index (χ3v) is 5.18. The molecule has 0 aromatic rings. The summed E-state index contributed by atoms with van der Waals surface area (Å²) in [6.45, 7) is 10.5. The van der Waals surface area contributed by atoms with Gasteiger partial charge in [-0.3, -0.25) is 0 Å². The van der Waals surface area contributed by atoms with Crippen LogP contribution in [-0.2, 0) is 4.74 Å². The van der Waals surface area contributed by atoms with E-state index in [1.54, 1.807) is 0 Å². The van der Waals surface area contributed by atoms with E-state index < -0.39 is 0 Å². The lowest BCUT2D eigenvalue weighted by Gasteiger charge is -2.42. The Labute approximate surface area is 143 Å². The van der Waals surface area contributed by atoms with Crippen LogP contribution in [0.4, 0.5) is 4.79 Å². The van der Waals surface area contributed by atoms with E-state index in [9.17, 15) is 4.79 Å². The molecule has 0 aromatic carbocycles. The van der Waals surface area contributed by atoms with Gasteiger partial charge in [0.05, 0.1) is 6.61 Å². The first kappa shape index (κ1) is 20.3. The SMILES string of the molecule is CCCCCCCCCOC(=O)NCC1(C)CCCC(C)(C)C1. The summed E-state index contributed by atoms with van der Waals surface area (Å²) < 4.78 is 5.31. The molecule has 23 heavy (non-hydrogen) atoms. The van der Waals surface area contributed by atoms with Crippen LogP contribution in [-0.4, -0.2) is 19.2 Å². The molecule has 1 unspecified atom stereocenters. The Morgan fingerprint density at radius 1 is 1.00 bits per heavy atom. The highest BCUT2D eigenvalue weighted by Gasteiger charge is 2.36. The van der Waals surface area contributed by atoms with Crippen molar-refractivity contribution in [2.75, 3.05) is 13.2 Å². The molecule has 3 heteroatoms. The maximum atomic E-state index is 11.8. The molecule has 1 rings (SSSR count). The minimum atomic E-state index is -0.236. The molecule has 136 valence electrons. The van der Waals surface area contributed by atoms with Gasteiger partial charge < -0.3 is 10.1 Å². The van der Waals surface area contributed by atoms with Crippen LogP contribution in [0.3, 0.4) is 0 Å². The second-order valence-electron chi connectivity index (χ2n) is 8.62. The highest BCUT2D eigenvalue weighted by molar-refractivity contribution is 5.67. The van der Waals surface area contributed by atoms with Crippen molar-refractivity contribution in [2.45, 2.75) is 98.3 Å². The molecule has 0 bridgehead atoms. The molecular weight excluding hydrogens is 286 g/mol. The number of ether oxygens (including phenoxy) is 1. The number of rotatable bonds is 10. The zero-order chi connectivity index (χ0) is 17.2. The minimum absolute atomic E-state index is 0.222. The number of hydrogen-bond donors (Lipinski definition) is 1. The quantitative estimate of drug-likeness (QED) is 0.495. The third kappa shape index (κ3) is 9.22. The summed E-state index contributed by atoms with van der Waals surface area (Å²) in [6.07, 6.45) is 13.4. The molecule has 1 amide bonds. The fraction of sp³-hybridized carbons (Fsp3) is 0.950. The van der Waals surface area contributed by atoms with Crippen molar-refractivity contribution in [1.82, 2.24) is 5.32 Å². The van der Waals surface area contributed by atoms with Gasteiger partial charge in [0.15, 0.2) is 0 Å². The summed E-state index contributed by atoms with van der Waals surface area (Å²) in [5.41, 5.74) is 0.621. The van der Waals surface area contributed by atoms with Crippen LogP contribution >= 0.6 is 0 Å². The Bertz CT molecular complexity index is 341. The van der Waals surface area contributed by atoms with Crippen LogP contribution in [0.1, 0.15) is 98.3 Å². The zero-order valence-electron chi connectivity index (χ0n) is 16.0. The van der Waals surface area contributed by atoms with E-state index in [0.717, 1.165) is 13.0 Å². The van der Waals surface area contributed by atoms with Crippen LogP contribution < -0.4 is 5.32 Å². The van der Waals surface area contributed by atoms with Crippen molar-refractivity contribution in [3.8, 4) is 0 Å². The van der Waals surface area contributed by atoms with Crippen LogP contribution in [0.25, 0.3) is 0 Å². The Kier molecular flexibility index (Phi) is 9.01. The van der Waals surface area contributed by atoms with Crippen molar-refractivity contribution in [3.63, 3.8) is 0 Å². The smallest absolute Gasteiger partial charge is 0.407 e. The molecule has 0 saturated heterocycles. The zero-order valence-corrected chi connectivity index (χ0v) is 16.0. The molecule has 1 aliphatic rings. The van der Waals surface area contributed by atoms with Crippen molar-refractivity contribution < 1.29 is 9.53 Å². The first-order chi connectivity index (χ1) is 10.9. The average molecular weight is 326 g/mol. The lowest BCUT2D eigenvalue weighted by atomic mass is 9.64. The van der Waals surface area contributed by atoms with Gasteiger partial charge in [0, 0.05) is 6.54 Å². The molecule has 0 aromatic heterocycles. The second-order valence-corrected chi connectivity index (χ2v) is 8.62. The van der Waals surface area contributed by atoms with Gasteiger partial charge in [0.1, 0.15) is 0 Å². The van der Waals surface area contributed by atoms with Gasteiger partial charge in [0.2, 0.25) is 0 Å². The third-order valence-electron chi connectivity index (χ3n) is 5.18. The van der Waals surface area contributed by atoms with Gasteiger partial charge in [0.25, 0.3) is 0 Å². The summed E-state index contributed by atoms with van der Waals surface area (Å²) in [5.74, 6) is 0. The van der Waals surface area contributed by atoms with E-state index in [4.69, 9.17) is 4.74 Å². The molecule has 1 N–H and O–H groups in total. The van der Waals surface area contributed by atoms with Gasteiger partial charge in [-0.1, -0.05) is 72.6 Å². The summed E-state index contributed by atoms with van der Waals surface area (Å²) in [5, 5.41) is 2.99. The molecular formula is C20H39NO2. The van der Waals surface area contributed by atoms with Gasteiger partial charge in [-0.15, -0.1) is 0 Å². The maximum absolute atomic E-state index is 11.8. The molecule has 0 aliphatic heterocycles. The molecule has 0 spiro atoms. The Balaban J connectivity index is 2.06. The normalized spacial score (nSPS) is 23.5. The molecule has 0 heterocycles. The number of nitrogens with one attached hydrogen (secondary N) is 1. The largest absolute Gasteiger partial charge is 0.450 e. The first-order valence-electron chi connectivity index (χ1n) is 9.78. The Morgan fingerprint density at radius 2 is 1.65 bits per heavy atom. The van der Waals surface area contributed by atoms with Crippen LogP contribution in [0, 0.1) is 10.8 Å². The van der Waals surface area contributed by atoms with E-state index in [2.05, 4.69) is 33.0 Å². The Morgan fingerprint density at radius 3 is 2.30 bits per heavy atom. The number of carbonyl (C=O) groups excluding carboxylic acids is 1. The topological polar surface area (TPSA) is 38.3 Å². The predicted octanol–water partition coefficient (Wildman–Crippen LogP) is 6.07. The van der Waals surface area contributed by atoms with Crippen LogP contribution in [0.2, 0.25) is 0 Å². The molecule has 1 atom stereocenters. The number of alkyl carbamates (subject to hydrolysis) is 1. The molecule has 1 aliphatic carbocycles. The predicted molar refractivity (Wildman–Crippen MR) is 97.7 cm³/mol. The standard InChI is InChI=1S/C20H39NO2/c1-5-6-7-8-9-10-11-15-23-18(22)21-17-20(4)14-12-13-19(2,3)16-20/h5-17H2,1-4H3,(H,21,22). The molecule has 3 nitrogen and oxygen atoms in total. The number of carbonyl (C=O) groups is 1. The van der Waals surface area contributed by atoms with Crippen molar-refractivity contribution in [3.05, 3.63) is 0 Å². The number of amides is 1. The van der Waals surface area contributed by atoms with E-state index in [1.807, 2.05) is 0 Å². The lowest BCUT2D eigenvalue weighted by molar-refractivity contribution is 0.0903.